The summed E-state index contributed by atoms with van der Waals surface area (Å²) >= 11 is 0. The number of carbonyl (C=O) groups excluding carboxylic acids is 2. The van der Waals surface area contributed by atoms with Gasteiger partial charge < -0.3 is 15.5 Å². The Morgan fingerprint density at radius 2 is 1.62 bits per heavy atom. The number of anilines is 1. The van der Waals surface area contributed by atoms with Gasteiger partial charge in [0.15, 0.2) is 5.78 Å². The van der Waals surface area contributed by atoms with Crippen LogP contribution in [0.5, 0.6) is 0 Å². The van der Waals surface area contributed by atoms with Crippen molar-refractivity contribution in [3.8, 4) is 0 Å². The van der Waals surface area contributed by atoms with E-state index in [1.807, 2.05) is 17.0 Å². The van der Waals surface area contributed by atoms with Gasteiger partial charge in [-0.25, -0.2) is 4.39 Å². The van der Waals surface area contributed by atoms with E-state index in [1.54, 1.807) is 29.2 Å². The van der Waals surface area contributed by atoms with Crippen LogP contribution in [0.2, 0.25) is 0 Å². The molecular formula is C20H22FN3O2. The van der Waals surface area contributed by atoms with E-state index in [9.17, 15) is 14.0 Å². The van der Waals surface area contributed by atoms with Crippen LogP contribution in [0.15, 0.2) is 42.5 Å². The molecule has 1 aliphatic heterocycles. The van der Waals surface area contributed by atoms with Crippen molar-refractivity contribution < 1.29 is 14.0 Å². The topological polar surface area (TPSA) is 66.6 Å². The normalized spacial score (nSPS) is 14.4. The van der Waals surface area contributed by atoms with E-state index < -0.39 is 5.82 Å². The quantitative estimate of drug-likeness (QED) is 0.856. The van der Waals surface area contributed by atoms with E-state index in [1.165, 1.54) is 13.0 Å². The van der Waals surface area contributed by atoms with E-state index >= 15 is 0 Å². The van der Waals surface area contributed by atoms with Gasteiger partial charge >= 0.3 is 0 Å². The minimum atomic E-state index is -0.408. The largest absolute Gasteiger partial charge is 0.366 e. The number of Topliss-reactive ketones (excluding diaryl/α,β-unsaturated/α-hetero) is 1. The van der Waals surface area contributed by atoms with Crippen molar-refractivity contribution >= 4 is 17.4 Å². The van der Waals surface area contributed by atoms with Crippen molar-refractivity contribution in [1.82, 2.24) is 4.90 Å². The van der Waals surface area contributed by atoms with Crippen molar-refractivity contribution in [3.05, 3.63) is 65.0 Å². The zero-order valence-corrected chi connectivity index (χ0v) is 14.7. The lowest BCUT2D eigenvalue weighted by Gasteiger charge is -2.36. The van der Waals surface area contributed by atoms with Crippen molar-refractivity contribution in [3.63, 3.8) is 0 Å². The fourth-order valence-electron chi connectivity index (χ4n) is 3.10. The summed E-state index contributed by atoms with van der Waals surface area (Å²) in [5.41, 5.74) is 8.02. The second kappa shape index (κ2) is 7.66. The van der Waals surface area contributed by atoms with Gasteiger partial charge in [0.05, 0.1) is 5.69 Å². The Bertz CT molecular complexity index is 812. The smallest absolute Gasteiger partial charge is 0.253 e. The van der Waals surface area contributed by atoms with E-state index in [0.29, 0.717) is 49.5 Å². The molecule has 0 radical (unpaired) electrons. The minimum Gasteiger partial charge on any atom is -0.366 e. The number of amides is 1. The molecule has 1 amide bonds. The number of ketones is 1. The van der Waals surface area contributed by atoms with Crippen molar-refractivity contribution in [2.24, 2.45) is 5.73 Å². The number of nitrogens with zero attached hydrogens (tertiary/aromatic N) is 2. The van der Waals surface area contributed by atoms with Crippen LogP contribution in [0, 0.1) is 5.82 Å². The summed E-state index contributed by atoms with van der Waals surface area (Å²) in [6.45, 7) is 3.99. The lowest BCUT2D eigenvalue weighted by Crippen LogP contribution is -2.49. The fourth-order valence-corrected chi connectivity index (χ4v) is 3.10. The first-order valence-electron chi connectivity index (χ1n) is 8.63. The number of hydrogen-bond donors (Lipinski definition) is 1. The Morgan fingerprint density at radius 1 is 1.00 bits per heavy atom. The van der Waals surface area contributed by atoms with Crippen LogP contribution in [0.4, 0.5) is 10.1 Å². The second-order valence-corrected chi connectivity index (χ2v) is 6.40. The van der Waals surface area contributed by atoms with Gasteiger partial charge in [-0.2, -0.15) is 0 Å². The van der Waals surface area contributed by atoms with Crippen molar-refractivity contribution in [1.29, 1.82) is 0 Å². The van der Waals surface area contributed by atoms with Gasteiger partial charge in [-0.1, -0.05) is 12.1 Å². The molecule has 0 saturated carbocycles. The summed E-state index contributed by atoms with van der Waals surface area (Å²) in [6, 6.07) is 11.8. The molecule has 1 heterocycles. The molecule has 6 heteroatoms. The molecule has 2 N–H and O–H groups in total. The molecule has 1 saturated heterocycles. The molecule has 3 rings (SSSR count). The van der Waals surface area contributed by atoms with Crippen LogP contribution in [0.3, 0.4) is 0 Å². The maximum Gasteiger partial charge on any atom is 0.253 e. The summed E-state index contributed by atoms with van der Waals surface area (Å²) in [5, 5.41) is 0. The highest BCUT2D eigenvalue weighted by atomic mass is 19.1. The van der Waals surface area contributed by atoms with E-state index in [0.717, 1.165) is 5.56 Å². The summed E-state index contributed by atoms with van der Waals surface area (Å²) in [6.07, 6.45) is 0. The first kappa shape index (κ1) is 18.1. The van der Waals surface area contributed by atoms with Crippen LogP contribution in [0.1, 0.15) is 33.2 Å². The number of piperazine rings is 1. The number of carbonyl (C=O) groups is 2. The Morgan fingerprint density at radius 3 is 2.15 bits per heavy atom. The number of benzene rings is 2. The molecule has 26 heavy (non-hydrogen) atoms. The van der Waals surface area contributed by atoms with Crippen LogP contribution < -0.4 is 10.6 Å². The summed E-state index contributed by atoms with van der Waals surface area (Å²) in [5.74, 6) is -0.595. The van der Waals surface area contributed by atoms with E-state index in [2.05, 4.69) is 0 Å². The highest BCUT2D eigenvalue weighted by molar-refractivity contribution is 5.95. The number of rotatable bonds is 4. The summed E-state index contributed by atoms with van der Waals surface area (Å²) in [4.78, 5) is 27.6. The standard InChI is InChI=1S/C20H22FN3O2/c1-14(25)17-6-7-19(18(21)12-17)23-8-10-24(11-9-23)20(26)16-4-2-15(13-22)3-5-16/h2-7,12H,8-11,13,22H2,1H3. The maximum atomic E-state index is 14.3. The molecule has 0 atom stereocenters. The zero-order valence-electron chi connectivity index (χ0n) is 14.7. The summed E-state index contributed by atoms with van der Waals surface area (Å²) in [7, 11) is 0. The van der Waals surface area contributed by atoms with Gasteiger partial charge in [-0.05, 0) is 42.8 Å². The lowest BCUT2D eigenvalue weighted by molar-refractivity contribution is 0.0746. The monoisotopic (exact) mass is 355 g/mol. The van der Waals surface area contributed by atoms with Gasteiger partial charge in [0, 0.05) is 43.9 Å². The molecule has 0 unspecified atom stereocenters. The zero-order chi connectivity index (χ0) is 18.7. The van der Waals surface area contributed by atoms with Crippen LogP contribution >= 0.6 is 0 Å². The molecule has 5 nitrogen and oxygen atoms in total. The van der Waals surface area contributed by atoms with Gasteiger partial charge in [0.25, 0.3) is 5.91 Å². The van der Waals surface area contributed by atoms with E-state index in [-0.39, 0.29) is 11.7 Å². The van der Waals surface area contributed by atoms with Gasteiger partial charge in [0.2, 0.25) is 0 Å². The highest BCUT2D eigenvalue weighted by Crippen LogP contribution is 2.23. The van der Waals surface area contributed by atoms with Crippen molar-refractivity contribution in [2.75, 3.05) is 31.1 Å². The first-order chi connectivity index (χ1) is 12.5. The molecule has 1 fully saturated rings. The van der Waals surface area contributed by atoms with Gasteiger partial charge in [-0.15, -0.1) is 0 Å². The predicted octanol–water partition coefficient (Wildman–Crippen LogP) is 2.45. The SMILES string of the molecule is CC(=O)c1ccc(N2CCN(C(=O)c3ccc(CN)cc3)CC2)c(F)c1. The van der Waals surface area contributed by atoms with Crippen LogP contribution in [0.25, 0.3) is 0 Å². The second-order valence-electron chi connectivity index (χ2n) is 6.40. The van der Waals surface area contributed by atoms with Crippen LogP contribution in [-0.2, 0) is 6.54 Å². The molecule has 1 aliphatic rings. The third kappa shape index (κ3) is 3.75. The first-order valence-corrected chi connectivity index (χ1v) is 8.63. The minimum absolute atomic E-state index is 0.0272. The molecule has 0 aromatic heterocycles. The number of nitrogens with two attached hydrogens (primary N) is 1. The molecule has 0 aliphatic carbocycles. The Balaban J connectivity index is 1.65. The molecular weight excluding hydrogens is 333 g/mol. The van der Waals surface area contributed by atoms with Gasteiger partial charge in [0.1, 0.15) is 5.82 Å². The third-order valence-electron chi connectivity index (χ3n) is 4.70. The Hall–Kier alpha value is -2.73. The van der Waals surface area contributed by atoms with E-state index in [4.69, 9.17) is 5.73 Å². The third-order valence-corrected chi connectivity index (χ3v) is 4.70. The molecule has 0 spiro atoms. The average Bonchev–Trinajstić information content (AvgIpc) is 2.67. The summed E-state index contributed by atoms with van der Waals surface area (Å²) < 4.78 is 14.3. The lowest BCUT2D eigenvalue weighted by atomic mass is 10.1. The van der Waals surface area contributed by atoms with Crippen LogP contribution in [-0.4, -0.2) is 42.8 Å². The molecule has 2 aromatic carbocycles. The Kier molecular flexibility index (Phi) is 5.32. The average molecular weight is 355 g/mol. The number of halogens is 1. The molecule has 0 bridgehead atoms. The molecule has 136 valence electrons. The highest BCUT2D eigenvalue weighted by Gasteiger charge is 2.24. The van der Waals surface area contributed by atoms with Crippen molar-refractivity contribution in [2.45, 2.75) is 13.5 Å². The van der Waals surface area contributed by atoms with Gasteiger partial charge in [-0.3, -0.25) is 9.59 Å². The Labute approximate surface area is 152 Å². The number of hydrogen-bond acceptors (Lipinski definition) is 4. The maximum absolute atomic E-state index is 14.3. The molecule has 2 aromatic rings. The fraction of sp³-hybridized carbons (Fsp3) is 0.300. The predicted molar refractivity (Wildman–Crippen MR) is 98.9 cm³/mol.